The average Bonchev–Trinajstić information content (AvgIpc) is 3.28. The van der Waals surface area contributed by atoms with Gasteiger partial charge in [0.2, 0.25) is 5.91 Å². The lowest BCUT2D eigenvalue weighted by molar-refractivity contribution is -0.147. The molecule has 1 fully saturated rings. The molecule has 4 N–H and O–H groups in total. The van der Waals surface area contributed by atoms with Crippen molar-refractivity contribution >= 4 is 35.3 Å². The average molecular weight is 597 g/mol. The van der Waals surface area contributed by atoms with E-state index in [-0.39, 0.29) is 24.7 Å². The van der Waals surface area contributed by atoms with Gasteiger partial charge in [0.15, 0.2) is 6.10 Å². The molecule has 42 heavy (non-hydrogen) atoms. The molecule has 0 aliphatic carbocycles. The second kappa shape index (κ2) is 13.3. The first-order valence-electron chi connectivity index (χ1n) is 13.5. The monoisotopic (exact) mass is 596 g/mol. The molecule has 1 heterocycles. The Morgan fingerprint density at radius 1 is 1.00 bits per heavy atom. The van der Waals surface area contributed by atoms with Crippen LogP contribution in [-0.4, -0.2) is 56.7 Å². The van der Waals surface area contributed by atoms with Crippen molar-refractivity contribution in [1.82, 2.24) is 15.5 Å². The molecule has 8 nitrogen and oxygen atoms in total. The molecule has 0 spiro atoms. The number of urea groups is 1. The van der Waals surface area contributed by atoms with Gasteiger partial charge >= 0.3 is 6.03 Å². The lowest BCUT2D eigenvalue weighted by Gasteiger charge is -2.33. The van der Waals surface area contributed by atoms with Crippen LogP contribution in [-0.2, 0) is 22.6 Å². The smallest absolute Gasteiger partial charge is 0.319 e. The highest BCUT2D eigenvalue weighted by molar-refractivity contribution is 8.00. The number of amides is 4. The molecule has 1 aliphatic rings. The van der Waals surface area contributed by atoms with Crippen LogP contribution >= 0.6 is 11.8 Å². The van der Waals surface area contributed by atoms with Gasteiger partial charge in [-0.3, -0.25) is 9.59 Å². The molecular weight excluding hydrogens is 562 g/mol. The maximum Gasteiger partial charge on any atom is 0.319 e. The van der Waals surface area contributed by atoms with Crippen LogP contribution in [0.15, 0.2) is 72.8 Å². The van der Waals surface area contributed by atoms with Crippen molar-refractivity contribution in [2.24, 2.45) is 0 Å². The number of benzene rings is 3. The number of aryl methyl sites for hydroxylation is 1. The largest absolute Gasteiger partial charge is 0.381 e. The third kappa shape index (κ3) is 7.27. The summed E-state index contributed by atoms with van der Waals surface area (Å²) < 4.78 is 27.6. The molecule has 0 bridgehead atoms. The molecule has 4 rings (SSSR count). The predicted molar refractivity (Wildman–Crippen MR) is 159 cm³/mol. The summed E-state index contributed by atoms with van der Waals surface area (Å²) in [4.78, 5) is 41.3. The van der Waals surface area contributed by atoms with Gasteiger partial charge in [0.1, 0.15) is 23.4 Å². The summed E-state index contributed by atoms with van der Waals surface area (Å²) in [6, 6.07) is 16.6. The summed E-state index contributed by atoms with van der Waals surface area (Å²) in [5.74, 6) is -2.91. The van der Waals surface area contributed by atoms with Gasteiger partial charge in [-0.1, -0.05) is 60.7 Å². The summed E-state index contributed by atoms with van der Waals surface area (Å²) in [7, 11) is 0. The third-order valence-electron chi connectivity index (χ3n) is 7.24. The molecule has 3 unspecified atom stereocenters. The maximum absolute atomic E-state index is 14.1. The van der Waals surface area contributed by atoms with E-state index in [1.807, 2.05) is 45.0 Å². The zero-order valence-corrected chi connectivity index (χ0v) is 24.4. The van der Waals surface area contributed by atoms with Crippen LogP contribution < -0.4 is 16.0 Å². The normalized spacial score (nSPS) is 17.3. The molecule has 1 saturated heterocycles. The van der Waals surface area contributed by atoms with Crippen molar-refractivity contribution in [3.63, 3.8) is 0 Å². The number of rotatable bonds is 9. The molecule has 0 radical (unpaired) electrons. The minimum atomic E-state index is -1.76. The zero-order valence-electron chi connectivity index (χ0n) is 23.6. The fraction of sp³-hybridized carbons (Fsp3) is 0.323. The Morgan fingerprint density at radius 2 is 1.64 bits per heavy atom. The van der Waals surface area contributed by atoms with E-state index in [1.165, 1.54) is 16.7 Å². The molecule has 222 valence electrons. The highest BCUT2D eigenvalue weighted by Crippen LogP contribution is 2.40. The summed E-state index contributed by atoms with van der Waals surface area (Å²) >= 11 is 1.40. The van der Waals surface area contributed by atoms with Crippen LogP contribution in [0.4, 0.5) is 19.3 Å². The summed E-state index contributed by atoms with van der Waals surface area (Å²) in [6.07, 6.45) is -1.72. The Bertz CT molecular complexity index is 1420. The van der Waals surface area contributed by atoms with Crippen LogP contribution in [0.2, 0.25) is 0 Å². The maximum atomic E-state index is 14.1. The Balaban J connectivity index is 1.53. The fourth-order valence-electron chi connectivity index (χ4n) is 4.89. The van der Waals surface area contributed by atoms with E-state index in [4.69, 9.17) is 0 Å². The lowest BCUT2D eigenvalue weighted by atomic mass is 9.97. The summed E-state index contributed by atoms with van der Waals surface area (Å²) in [5.41, 5.74) is 2.01. The van der Waals surface area contributed by atoms with Crippen molar-refractivity contribution in [2.75, 3.05) is 11.2 Å². The van der Waals surface area contributed by atoms with Crippen LogP contribution in [0.25, 0.3) is 0 Å². The second-order valence-electron chi connectivity index (χ2n) is 10.7. The predicted octanol–water partition coefficient (Wildman–Crippen LogP) is 4.36. The van der Waals surface area contributed by atoms with Crippen molar-refractivity contribution in [1.29, 1.82) is 0 Å². The van der Waals surface area contributed by atoms with Gasteiger partial charge in [0, 0.05) is 11.3 Å². The van der Waals surface area contributed by atoms with Crippen LogP contribution in [0.1, 0.15) is 30.5 Å². The van der Waals surface area contributed by atoms with Crippen molar-refractivity contribution < 1.29 is 28.3 Å². The number of thioether (sulfide) groups is 1. The molecule has 0 aromatic heterocycles. The molecule has 3 aromatic carbocycles. The molecule has 1 aliphatic heterocycles. The number of nitrogens with one attached hydrogen (secondary N) is 3. The number of nitrogens with zero attached hydrogens (tertiary/aromatic N) is 1. The third-order valence-corrected chi connectivity index (χ3v) is 8.62. The molecule has 11 heteroatoms. The van der Waals surface area contributed by atoms with E-state index in [1.54, 1.807) is 30.3 Å². The van der Waals surface area contributed by atoms with E-state index in [0.29, 0.717) is 5.56 Å². The van der Waals surface area contributed by atoms with Crippen LogP contribution in [0, 0.1) is 18.6 Å². The zero-order chi connectivity index (χ0) is 30.4. The van der Waals surface area contributed by atoms with Gasteiger partial charge in [-0.15, -0.1) is 11.8 Å². The fourth-order valence-corrected chi connectivity index (χ4v) is 6.03. The number of carbonyl (C=O) groups excluding carboxylic acids is 3. The Kier molecular flexibility index (Phi) is 9.85. The molecule has 0 saturated carbocycles. The highest BCUT2D eigenvalue weighted by Gasteiger charge is 2.49. The standard InChI is InChI=1S/C31H34F2N4O4S/c1-19-10-7-8-13-21(19)17-34-28(39)27-31(2,3)42-18-37(27)29(40)26(38)24(16-20-11-5-4-6-12-20)35-30(41)36-25-22(32)14-9-15-23(25)33/h4-15,24,26-27,38H,16-18H2,1-3H3,(H,34,39)(H2,35,36,41). The number of anilines is 1. The first-order valence-corrected chi connectivity index (χ1v) is 14.5. The molecular formula is C31H34F2N4O4S. The number of para-hydroxylation sites is 1. The molecule has 3 aromatic rings. The lowest BCUT2D eigenvalue weighted by Crippen LogP contribution is -2.59. The Labute approximate surface area is 247 Å². The topological polar surface area (TPSA) is 111 Å². The van der Waals surface area contributed by atoms with E-state index in [2.05, 4.69) is 16.0 Å². The van der Waals surface area contributed by atoms with Gasteiger partial charge in [-0.05, 0) is 56.0 Å². The van der Waals surface area contributed by atoms with Crippen molar-refractivity contribution in [2.45, 2.75) is 56.7 Å². The van der Waals surface area contributed by atoms with Gasteiger partial charge in [-0.25, -0.2) is 13.6 Å². The molecule has 3 atom stereocenters. The van der Waals surface area contributed by atoms with Gasteiger partial charge in [0.25, 0.3) is 5.91 Å². The van der Waals surface area contributed by atoms with Crippen molar-refractivity contribution in [3.8, 4) is 0 Å². The Hall–Kier alpha value is -3.96. The first kappa shape index (κ1) is 31.0. The second-order valence-corrected chi connectivity index (χ2v) is 12.3. The quantitative estimate of drug-likeness (QED) is 0.294. The number of hydrogen-bond donors (Lipinski definition) is 4. The Morgan fingerprint density at radius 3 is 2.31 bits per heavy atom. The number of aliphatic hydroxyl groups excluding tert-OH is 1. The number of carbonyl (C=O) groups is 3. The first-order chi connectivity index (χ1) is 20.0. The number of halogens is 2. The van der Waals surface area contributed by atoms with Gasteiger partial charge < -0.3 is 26.0 Å². The minimum Gasteiger partial charge on any atom is -0.381 e. The number of aliphatic hydroxyl groups is 1. The minimum absolute atomic E-state index is 0.0371. The van der Waals surface area contributed by atoms with E-state index < -0.39 is 52.2 Å². The van der Waals surface area contributed by atoms with Gasteiger partial charge in [0.05, 0.1) is 11.9 Å². The summed E-state index contributed by atoms with van der Waals surface area (Å²) in [6.45, 7) is 5.93. The van der Waals surface area contributed by atoms with Crippen LogP contribution in [0.5, 0.6) is 0 Å². The van der Waals surface area contributed by atoms with Crippen molar-refractivity contribution in [3.05, 3.63) is 101 Å². The van der Waals surface area contributed by atoms with Crippen LogP contribution in [0.3, 0.4) is 0 Å². The SMILES string of the molecule is Cc1ccccc1CNC(=O)C1N(C(=O)C(O)C(Cc2ccccc2)NC(=O)Nc2c(F)cccc2F)CSC1(C)C. The van der Waals surface area contributed by atoms with E-state index in [9.17, 15) is 28.3 Å². The molecule has 4 amide bonds. The highest BCUT2D eigenvalue weighted by atomic mass is 32.2. The number of hydrogen-bond acceptors (Lipinski definition) is 5. The summed E-state index contributed by atoms with van der Waals surface area (Å²) in [5, 5.41) is 18.9. The van der Waals surface area contributed by atoms with Gasteiger partial charge in [-0.2, -0.15) is 0 Å². The van der Waals surface area contributed by atoms with E-state index >= 15 is 0 Å². The van der Waals surface area contributed by atoms with E-state index in [0.717, 1.165) is 29.3 Å².